The lowest BCUT2D eigenvalue weighted by atomic mass is 10.1. The molecule has 4 heteroatoms. The molecule has 0 aromatic heterocycles. The van der Waals surface area contributed by atoms with Crippen molar-refractivity contribution in [2.75, 3.05) is 24.5 Å². The molecular weight excluding hydrogens is 372 g/mol. The van der Waals surface area contributed by atoms with E-state index in [9.17, 15) is 4.79 Å². The summed E-state index contributed by atoms with van der Waals surface area (Å²) in [7, 11) is 0. The maximum atomic E-state index is 12.1. The molecule has 0 bridgehead atoms. The molecule has 1 fully saturated rings. The molecule has 3 rings (SSSR count). The highest BCUT2D eigenvalue weighted by Crippen LogP contribution is 2.24. The van der Waals surface area contributed by atoms with Gasteiger partial charge in [0, 0.05) is 38.8 Å². The Balaban J connectivity index is 1.46. The van der Waals surface area contributed by atoms with Crippen LogP contribution in [0.5, 0.6) is 5.75 Å². The monoisotopic (exact) mass is 408 g/mol. The summed E-state index contributed by atoms with van der Waals surface area (Å²) >= 11 is 0. The number of benzene rings is 2. The van der Waals surface area contributed by atoms with Crippen LogP contribution in [-0.2, 0) is 11.3 Å². The lowest BCUT2D eigenvalue weighted by Gasteiger charge is -2.32. The molecule has 30 heavy (non-hydrogen) atoms. The van der Waals surface area contributed by atoms with Gasteiger partial charge in [0.05, 0.1) is 0 Å². The fourth-order valence-electron chi connectivity index (χ4n) is 4.09. The maximum absolute atomic E-state index is 12.1. The first-order chi connectivity index (χ1) is 14.7. The quantitative estimate of drug-likeness (QED) is 0.475. The first-order valence-corrected chi connectivity index (χ1v) is 11.5. The van der Waals surface area contributed by atoms with Gasteiger partial charge in [-0.1, -0.05) is 56.5 Å². The summed E-state index contributed by atoms with van der Waals surface area (Å²) in [6.45, 7) is 7.78. The summed E-state index contributed by atoms with van der Waals surface area (Å²) < 4.78 is 6.23. The highest BCUT2D eigenvalue weighted by Gasteiger charge is 2.21. The molecule has 0 spiro atoms. The van der Waals surface area contributed by atoms with Crippen LogP contribution in [0.15, 0.2) is 54.6 Å². The Labute approximate surface area is 181 Å². The van der Waals surface area contributed by atoms with Crippen LogP contribution >= 0.6 is 0 Å². The van der Waals surface area contributed by atoms with Crippen LogP contribution in [0.2, 0.25) is 0 Å². The zero-order valence-electron chi connectivity index (χ0n) is 18.6. The minimum absolute atomic E-state index is 0.103. The summed E-state index contributed by atoms with van der Waals surface area (Å²) in [5, 5.41) is 0. The topological polar surface area (TPSA) is 32.8 Å². The van der Waals surface area contributed by atoms with Gasteiger partial charge in [0.25, 0.3) is 0 Å². The zero-order chi connectivity index (χ0) is 21.2. The van der Waals surface area contributed by atoms with Crippen molar-refractivity contribution in [3.63, 3.8) is 0 Å². The van der Waals surface area contributed by atoms with E-state index < -0.39 is 0 Å². The van der Waals surface area contributed by atoms with Crippen molar-refractivity contribution >= 4 is 11.6 Å². The van der Waals surface area contributed by atoms with E-state index in [1.165, 1.54) is 24.8 Å². The van der Waals surface area contributed by atoms with Crippen molar-refractivity contribution in [3.8, 4) is 5.75 Å². The lowest BCUT2D eigenvalue weighted by Crippen LogP contribution is -2.37. The summed E-state index contributed by atoms with van der Waals surface area (Å²) in [5.41, 5.74) is 2.33. The van der Waals surface area contributed by atoms with Crippen molar-refractivity contribution in [2.45, 2.75) is 65.0 Å². The van der Waals surface area contributed by atoms with E-state index in [2.05, 4.69) is 42.2 Å². The number of ether oxygens (including phenoxy) is 1. The lowest BCUT2D eigenvalue weighted by molar-refractivity contribution is -0.116. The molecule has 0 saturated carbocycles. The molecule has 0 aliphatic carbocycles. The molecule has 0 atom stereocenters. The van der Waals surface area contributed by atoms with Crippen LogP contribution in [0.1, 0.15) is 57.9 Å². The number of carbonyl (C=O) groups is 1. The van der Waals surface area contributed by atoms with Gasteiger partial charge in [-0.25, -0.2) is 0 Å². The van der Waals surface area contributed by atoms with Crippen LogP contribution in [-0.4, -0.2) is 36.5 Å². The van der Waals surface area contributed by atoms with Crippen LogP contribution in [0.25, 0.3) is 0 Å². The van der Waals surface area contributed by atoms with Gasteiger partial charge in [-0.05, 0) is 49.1 Å². The van der Waals surface area contributed by atoms with Crippen molar-refractivity contribution < 1.29 is 9.53 Å². The Kier molecular flexibility index (Phi) is 8.76. The molecule has 0 unspecified atom stereocenters. The number of anilines is 1. The first kappa shape index (κ1) is 22.4. The van der Waals surface area contributed by atoms with E-state index in [1.807, 2.05) is 29.2 Å². The van der Waals surface area contributed by atoms with Crippen LogP contribution in [0, 0.1) is 0 Å². The SMILES string of the molecule is CCCCCCN(C(C)=O)c1ccc(OC2CCN(Cc3ccccc3)CC2)cc1. The third kappa shape index (κ3) is 6.88. The Morgan fingerprint density at radius 2 is 1.70 bits per heavy atom. The van der Waals surface area contributed by atoms with Crippen molar-refractivity contribution in [1.82, 2.24) is 4.90 Å². The number of unbranched alkanes of at least 4 members (excludes halogenated alkanes) is 3. The number of amides is 1. The van der Waals surface area contributed by atoms with Crippen molar-refractivity contribution in [1.29, 1.82) is 0 Å². The summed E-state index contributed by atoms with van der Waals surface area (Å²) in [6.07, 6.45) is 7.01. The van der Waals surface area contributed by atoms with Gasteiger partial charge in [-0.3, -0.25) is 9.69 Å². The van der Waals surface area contributed by atoms with Gasteiger partial charge >= 0.3 is 0 Å². The molecule has 4 nitrogen and oxygen atoms in total. The van der Waals surface area contributed by atoms with Gasteiger partial charge in [0.1, 0.15) is 11.9 Å². The van der Waals surface area contributed by atoms with E-state index in [1.54, 1.807) is 6.92 Å². The second-order valence-corrected chi connectivity index (χ2v) is 8.30. The second kappa shape index (κ2) is 11.8. The second-order valence-electron chi connectivity index (χ2n) is 8.30. The minimum Gasteiger partial charge on any atom is -0.490 e. The van der Waals surface area contributed by atoms with Crippen molar-refractivity contribution in [2.24, 2.45) is 0 Å². The third-order valence-electron chi connectivity index (χ3n) is 5.85. The number of rotatable bonds is 10. The highest BCUT2D eigenvalue weighted by atomic mass is 16.5. The van der Waals surface area contributed by atoms with Crippen LogP contribution in [0.3, 0.4) is 0 Å². The number of piperidine rings is 1. The molecule has 2 aromatic carbocycles. The summed E-state index contributed by atoms with van der Waals surface area (Å²) in [5.74, 6) is 1.00. The van der Waals surface area contributed by atoms with Gasteiger partial charge in [0.15, 0.2) is 0 Å². The Hall–Kier alpha value is -2.33. The first-order valence-electron chi connectivity index (χ1n) is 11.5. The summed E-state index contributed by atoms with van der Waals surface area (Å²) in [4.78, 5) is 16.4. The average Bonchev–Trinajstić information content (AvgIpc) is 2.76. The van der Waals surface area contributed by atoms with Crippen molar-refractivity contribution in [3.05, 3.63) is 60.2 Å². The fraction of sp³-hybridized carbons (Fsp3) is 0.500. The van der Waals surface area contributed by atoms with Gasteiger partial charge in [0.2, 0.25) is 5.91 Å². The number of hydrogen-bond acceptors (Lipinski definition) is 3. The predicted octanol–water partition coefficient (Wildman–Crippen LogP) is 5.66. The Bertz CT molecular complexity index is 752. The van der Waals surface area contributed by atoms with Crippen LogP contribution < -0.4 is 9.64 Å². The zero-order valence-corrected chi connectivity index (χ0v) is 18.6. The van der Waals surface area contributed by atoms with Gasteiger partial charge < -0.3 is 9.64 Å². The number of likely N-dealkylation sites (tertiary alicyclic amines) is 1. The van der Waals surface area contributed by atoms with Gasteiger partial charge in [-0.15, -0.1) is 0 Å². The molecule has 2 aromatic rings. The standard InChI is InChI=1S/C26H36N2O2/c1-3-4-5-9-18-28(22(2)29)24-12-14-25(15-13-24)30-26-16-19-27(20-17-26)21-23-10-7-6-8-11-23/h6-8,10-15,26H,3-5,9,16-21H2,1-2H3. The average molecular weight is 409 g/mol. The molecule has 1 heterocycles. The summed E-state index contributed by atoms with van der Waals surface area (Å²) in [6, 6.07) is 18.7. The fourth-order valence-corrected chi connectivity index (χ4v) is 4.09. The van der Waals surface area contributed by atoms with Gasteiger partial charge in [-0.2, -0.15) is 0 Å². The highest BCUT2D eigenvalue weighted by molar-refractivity contribution is 5.91. The normalized spacial score (nSPS) is 15.1. The van der Waals surface area contributed by atoms with E-state index in [-0.39, 0.29) is 12.0 Å². The molecule has 1 saturated heterocycles. The van der Waals surface area contributed by atoms with E-state index in [0.29, 0.717) is 0 Å². The maximum Gasteiger partial charge on any atom is 0.223 e. The molecule has 162 valence electrons. The third-order valence-corrected chi connectivity index (χ3v) is 5.85. The van der Waals surface area contributed by atoms with Crippen LogP contribution in [0.4, 0.5) is 5.69 Å². The molecule has 1 aliphatic heterocycles. The predicted molar refractivity (Wildman–Crippen MR) is 124 cm³/mol. The molecular formula is C26H36N2O2. The van der Waals surface area contributed by atoms with E-state index >= 15 is 0 Å². The van der Waals surface area contributed by atoms with E-state index in [0.717, 1.165) is 56.9 Å². The van der Waals surface area contributed by atoms with E-state index in [4.69, 9.17) is 4.74 Å². The smallest absolute Gasteiger partial charge is 0.223 e. The Morgan fingerprint density at radius 1 is 1.00 bits per heavy atom. The Morgan fingerprint density at radius 3 is 2.33 bits per heavy atom. The molecule has 1 amide bonds. The largest absolute Gasteiger partial charge is 0.490 e. The minimum atomic E-state index is 0.103. The number of hydrogen-bond donors (Lipinski definition) is 0. The molecule has 0 N–H and O–H groups in total. The number of carbonyl (C=O) groups excluding carboxylic acids is 1. The number of nitrogens with zero attached hydrogens (tertiary/aromatic N) is 2. The molecule has 1 aliphatic rings. The molecule has 0 radical (unpaired) electrons.